The molecule has 2 aromatic rings. The predicted octanol–water partition coefficient (Wildman–Crippen LogP) is 4.64. The zero-order valence-electron chi connectivity index (χ0n) is 11.4. The standard InChI is InChI=1S/C19H20/c1-2-7-16-13-17(10-9-14(16)5-1)19-12-11-15-6-3-4-8-18(15)19/h3-4,6,8-10,13,19H,1-2,5,7,11-12H2. The minimum atomic E-state index is 0.642. The highest BCUT2D eigenvalue weighted by Gasteiger charge is 2.24. The van der Waals surface area contributed by atoms with Gasteiger partial charge in [0.1, 0.15) is 0 Å². The molecule has 0 amide bonds. The quantitative estimate of drug-likeness (QED) is 0.689. The van der Waals surface area contributed by atoms with Crippen LogP contribution >= 0.6 is 0 Å². The Labute approximate surface area is 115 Å². The van der Waals surface area contributed by atoms with Gasteiger partial charge in [0.15, 0.2) is 0 Å². The highest BCUT2D eigenvalue weighted by molar-refractivity contribution is 5.44. The van der Waals surface area contributed by atoms with Crippen LogP contribution in [0.3, 0.4) is 0 Å². The topological polar surface area (TPSA) is 0 Å². The van der Waals surface area contributed by atoms with Crippen LogP contribution in [0.25, 0.3) is 0 Å². The molecule has 0 heterocycles. The first-order chi connectivity index (χ1) is 9.42. The largest absolute Gasteiger partial charge is 0.0620 e. The van der Waals surface area contributed by atoms with Crippen molar-refractivity contribution < 1.29 is 0 Å². The van der Waals surface area contributed by atoms with Crippen molar-refractivity contribution in [1.29, 1.82) is 0 Å². The van der Waals surface area contributed by atoms with Crippen LogP contribution in [-0.4, -0.2) is 0 Å². The molecule has 2 aliphatic carbocycles. The van der Waals surface area contributed by atoms with Crippen LogP contribution in [-0.2, 0) is 19.3 Å². The second kappa shape index (κ2) is 4.52. The Kier molecular flexibility index (Phi) is 2.69. The second-order valence-corrected chi connectivity index (χ2v) is 6.03. The lowest BCUT2D eigenvalue weighted by atomic mass is 9.86. The molecule has 1 atom stereocenters. The van der Waals surface area contributed by atoms with Gasteiger partial charge in [0, 0.05) is 5.92 Å². The molecule has 2 aromatic carbocycles. The summed E-state index contributed by atoms with van der Waals surface area (Å²) in [6.07, 6.45) is 7.86. The third kappa shape index (κ3) is 1.90. The van der Waals surface area contributed by atoms with E-state index in [2.05, 4.69) is 42.5 Å². The number of benzene rings is 2. The summed E-state index contributed by atoms with van der Waals surface area (Å²) in [6.45, 7) is 0. The summed E-state index contributed by atoms with van der Waals surface area (Å²) in [5, 5.41) is 0. The summed E-state index contributed by atoms with van der Waals surface area (Å²) in [5.41, 5.74) is 7.89. The first-order valence-electron chi connectivity index (χ1n) is 7.61. The Balaban J connectivity index is 1.74. The normalized spacial score (nSPS) is 20.9. The zero-order chi connectivity index (χ0) is 12.7. The molecule has 4 rings (SSSR count). The average molecular weight is 248 g/mol. The van der Waals surface area contributed by atoms with Crippen molar-refractivity contribution in [3.05, 3.63) is 70.3 Å². The van der Waals surface area contributed by atoms with Crippen molar-refractivity contribution in [2.24, 2.45) is 0 Å². The molecule has 0 N–H and O–H groups in total. The Hall–Kier alpha value is -1.56. The molecular weight excluding hydrogens is 228 g/mol. The lowest BCUT2D eigenvalue weighted by Gasteiger charge is -2.19. The van der Waals surface area contributed by atoms with E-state index in [1.54, 1.807) is 27.8 Å². The molecule has 0 aromatic heterocycles. The second-order valence-electron chi connectivity index (χ2n) is 6.03. The van der Waals surface area contributed by atoms with Gasteiger partial charge in [-0.05, 0) is 66.3 Å². The van der Waals surface area contributed by atoms with Gasteiger partial charge in [0.05, 0.1) is 0 Å². The Bertz CT molecular complexity index is 609. The number of aryl methyl sites for hydroxylation is 3. The highest BCUT2D eigenvalue weighted by atomic mass is 14.3. The third-order valence-corrected chi connectivity index (χ3v) is 4.91. The van der Waals surface area contributed by atoms with Gasteiger partial charge in [0.25, 0.3) is 0 Å². The Morgan fingerprint density at radius 2 is 1.58 bits per heavy atom. The maximum Gasteiger partial charge on any atom is 0.00953 e. The molecular formula is C19H20. The van der Waals surface area contributed by atoms with E-state index < -0.39 is 0 Å². The van der Waals surface area contributed by atoms with Crippen LogP contribution in [0.5, 0.6) is 0 Å². The lowest BCUT2D eigenvalue weighted by Crippen LogP contribution is -2.05. The molecule has 0 radical (unpaired) electrons. The molecule has 1 unspecified atom stereocenters. The van der Waals surface area contributed by atoms with Crippen molar-refractivity contribution >= 4 is 0 Å². The molecule has 0 aliphatic heterocycles. The van der Waals surface area contributed by atoms with E-state index in [1.807, 2.05) is 0 Å². The number of fused-ring (bicyclic) bond motifs is 2. The molecule has 0 saturated heterocycles. The smallest absolute Gasteiger partial charge is 0.00953 e. The first kappa shape index (κ1) is 11.3. The van der Waals surface area contributed by atoms with Crippen LogP contribution in [0.4, 0.5) is 0 Å². The van der Waals surface area contributed by atoms with Crippen LogP contribution in [0.2, 0.25) is 0 Å². The summed E-state index contributed by atoms with van der Waals surface area (Å²) in [5.74, 6) is 0.642. The Morgan fingerprint density at radius 3 is 2.53 bits per heavy atom. The molecule has 2 aliphatic rings. The zero-order valence-corrected chi connectivity index (χ0v) is 11.4. The fourth-order valence-electron chi connectivity index (χ4n) is 3.87. The van der Waals surface area contributed by atoms with Gasteiger partial charge in [-0.2, -0.15) is 0 Å². The minimum Gasteiger partial charge on any atom is -0.0620 e. The van der Waals surface area contributed by atoms with Crippen molar-refractivity contribution in [3.63, 3.8) is 0 Å². The third-order valence-electron chi connectivity index (χ3n) is 4.91. The molecule has 19 heavy (non-hydrogen) atoms. The van der Waals surface area contributed by atoms with Gasteiger partial charge in [-0.15, -0.1) is 0 Å². The van der Waals surface area contributed by atoms with E-state index in [1.165, 1.54) is 38.5 Å². The van der Waals surface area contributed by atoms with E-state index in [-0.39, 0.29) is 0 Å². The summed E-state index contributed by atoms with van der Waals surface area (Å²) < 4.78 is 0. The van der Waals surface area contributed by atoms with Crippen molar-refractivity contribution in [1.82, 2.24) is 0 Å². The van der Waals surface area contributed by atoms with Gasteiger partial charge in [-0.1, -0.05) is 42.5 Å². The maximum atomic E-state index is 2.50. The summed E-state index contributed by atoms with van der Waals surface area (Å²) in [4.78, 5) is 0. The molecule has 0 saturated carbocycles. The molecule has 96 valence electrons. The SMILES string of the molecule is c1ccc2c(c1)CCC2c1ccc2c(c1)CCCC2. The van der Waals surface area contributed by atoms with Crippen molar-refractivity contribution in [2.45, 2.75) is 44.4 Å². The number of hydrogen-bond donors (Lipinski definition) is 0. The number of rotatable bonds is 1. The van der Waals surface area contributed by atoms with E-state index in [0.29, 0.717) is 5.92 Å². The molecule has 0 bridgehead atoms. The van der Waals surface area contributed by atoms with Crippen LogP contribution in [0, 0.1) is 0 Å². The molecule has 0 spiro atoms. The van der Waals surface area contributed by atoms with E-state index in [9.17, 15) is 0 Å². The van der Waals surface area contributed by atoms with Gasteiger partial charge in [-0.25, -0.2) is 0 Å². The molecule has 0 nitrogen and oxygen atoms in total. The predicted molar refractivity (Wildman–Crippen MR) is 79.7 cm³/mol. The van der Waals surface area contributed by atoms with Crippen molar-refractivity contribution in [2.75, 3.05) is 0 Å². The summed E-state index contributed by atoms with van der Waals surface area (Å²) in [6, 6.07) is 16.3. The molecule has 0 fully saturated rings. The first-order valence-corrected chi connectivity index (χ1v) is 7.61. The Morgan fingerprint density at radius 1 is 0.737 bits per heavy atom. The fourth-order valence-corrected chi connectivity index (χ4v) is 3.87. The monoisotopic (exact) mass is 248 g/mol. The van der Waals surface area contributed by atoms with E-state index in [0.717, 1.165) is 0 Å². The number of hydrogen-bond acceptors (Lipinski definition) is 0. The van der Waals surface area contributed by atoms with Gasteiger partial charge in [0.2, 0.25) is 0 Å². The van der Waals surface area contributed by atoms with Gasteiger partial charge >= 0.3 is 0 Å². The van der Waals surface area contributed by atoms with E-state index >= 15 is 0 Å². The molecule has 0 heteroatoms. The van der Waals surface area contributed by atoms with E-state index in [4.69, 9.17) is 0 Å². The van der Waals surface area contributed by atoms with Crippen LogP contribution < -0.4 is 0 Å². The lowest BCUT2D eigenvalue weighted by molar-refractivity contribution is 0.681. The minimum absolute atomic E-state index is 0.642. The van der Waals surface area contributed by atoms with Crippen molar-refractivity contribution in [3.8, 4) is 0 Å². The summed E-state index contributed by atoms with van der Waals surface area (Å²) >= 11 is 0. The van der Waals surface area contributed by atoms with Crippen LogP contribution in [0.15, 0.2) is 42.5 Å². The summed E-state index contributed by atoms with van der Waals surface area (Å²) in [7, 11) is 0. The average Bonchev–Trinajstić information content (AvgIpc) is 2.91. The van der Waals surface area contributed by atoms with Crippen LogP contribution in [0.1, 0.15) is 53.0 Å². The maximum absolute atomic E-state index is 2.50. The fraction of sp³-hybridized carbons (Fsp3) is 0.368. The highest BCUT2D eigenvalue weighted by Crippen LogP contribution is 2.39. The van der Waals surface area contributed by atoms with Gasteiger partial charge < -0.3 is 0 Å². The van der Waals surface area contributed by atoms with Gasteiger partial charge in [-0.3, -0.25) is 0 Å².